The molecule has 2 aliphatic rings. The summed E-state index contributed by atoms with van der Waals surface area (Å²) < 4.78 is 13.3. The minimum Gasteiger partial charge on any atom is -0.394 e. The molecule has 8 heteroatoms. The third kappa shape index (κ3) is 5.01. The number of carbonyl (C=O) groups excluding carboxylic acids is 2. The molecule has 2 amide bonds. The van der Waals surface area contributed by atoms with E-state index in [1.54, 1.807) is 13.8 Å². The van der Waals surface area contributed by atoms with Crippen LogP contribution in [0, 0.1) is 17.2 Å². The summed E-state index contributed by atoms with van der Waals surface area (Å²) in [5.41, 5.74) is -0.124. The normalized spacial score (nSPS) is 19.0. The van der Waals surface area contributed by atoms with Gasteiger partial charge in [-0.15, -0.1) is 0 Å². The minimum atomic E-state index is -0.606. The Morgan fingerprint density at radius 3 is 2.61 bits per heavy atom. The highest BCUT2D eigenvalue weighted by molar-refractivity contribution is 6.31. The van der Waals surface area contributed by atoms with Crippen molar-refractivity contribution in [3.05, 3.63) is 34.6 Å². The number of benzene rings is 1. The molecule has 1 aromatic rings. The maximum Gasteiger partial charge on any atom is 0.251 e. The van der Waals surface area contributed by atoms with Gasteiger partial charge >= 0.3 is 0 Å². The van der Waals surface area contributed by atoms with Crippen LogP contribution in [0.25, 0.3) is 0 Å². The number of hydrogen-bond donors (Lipinski definition) is 3. The quantitative estimate of drug-likeness (QED) is 0.639. The smallest absolute Gasteiger partial charge is 0.251 e. The molecule has 3 rings (SSSR count). The molecule has 0 atom stereocenters. The van der Waals surface area contributed by atoms with Crippen LogP contribution in [0.3, 0.4) is 0 Å². The first-order valence-corrected chi connectivity index (χ1v) is 9.86. The van der Waals surface area contributed by atoms with Crippen molar-refractivity contribution in [2.45, 2.75) is 32.2 Å². The summed E-state index contributed by atoms with van der Waals surface area (Å²) in [5.74, 6) is -0.523. The number of halogens is 2. The van der Waals surface area contributed by atoms with E-state index in [0.717, 1.165) is 25.9 Å². The Morgan fingerprint density at radius 2 is 2.00 bits per heavy atom. The predicted octanol–water partition coefficient (Wildman–Crippen LogP) is 1.81. The van der Waals surface area contributed by atoms with Crippen molar-refractivity contribution < 1.29 is 19.1 Å². The number of nitrogens with zero attached hydrogens (tertiary/aromatic N) is 1. The molecule has 1 aliphatic carbocycles. The molecule has 0 unspecified atom stereocenters. The molecule has 0 radical (unpaired) electrons. The van der Waals surface area contributed by atoms with Crippen molar-refractivity contribution >= 4 is 23.4 Å². The number of carbonyl (C=O) groups is 2. The van der Waals surface area contributed by atoms with Crippen LogP contribution in [0.4, 0.5) is 4.39 Å². The van der Waals surface area contributed by atoms with Crippen LogP contribution in [-0.4, -0.2) is 60.1 Å². The summed E-state index contributed by atoms with van der Waals surface area (Å²) in [6.07, 6.45) is 2.02. The van der Waals surface area contributed by atoms with Crippen LogP contribution in [0.5, 0.6) is 0 Å². The van der Waals surface area contributed by atoms with Gasteiger partial charge in [0.25, 0.3) is 5.91 Å². The van der Waals surface area contributed by atoms with Crippen LogP contribution in [0.2, 0.25) is 5.02 Å². The van der Waals surface area contributed by atoms with E-state index in [4.69, 9.17) is 11.6 Å². The minimum absolute atomic E-state index is 0.0780. The first kappa shape index (κ1) is 21.0. The number of rotatable bonds is 7. The van der Waals surface area contributed by atoms with Gasteiger partial charge in [0.05, 0.1) is 18.7 Å². The fraction of sp³-hybridized carbons (Fsp3) is 0.600. The van der Waals surface area contributed by atoms with Crippen molar-refractivity contribution in [2.75, 3.05) is 32.8 Å². The molecule has 1 saturated heterocycles. The first-order chi connectivity index (χ1) is 13.1. The molecule has 154 valence electrons. The van der Waals surface area contributed by atoms with Gasteiger partial charge in [-0.05, 0) is 56.2 Å². The molecule has 1 spiro atoms. The lowest BCUT2D eigenvalue weighted by atomic mass is 9.57. The maximum absolute atomic E-state index is 13.3. The number of aliphatic hydroxyl groups is 1. The molecular weight excluding hydrogens is 385 g/mol. The molecule has 28 heavy (non-hydrogen) atoms. The van der Waals surface area contributed by atoms with E-state index in [0.29, 0.717) is 19.0 Å². The van der Waals surface area contributed by atoms with Crippen molar-refractivity contribution in [1.82, 2.24) is 15.5 Å². The Hall–Kier alpha value is -1.70. The molecule has 6 nitrogen and oxygen atoms in total. The lowest BCUT2D eigenvalue weighted by Gasteiger charge is -2.59. The number of nitrogens with one attached hydrogen (secondary N) is 2. The Kier molecular flexibility index (Phi) is 5.98. The highest BCUT2D eigenvalue weighted by Gasteiger charge is 2.52. The maximum atomic E-state index is 13.3. The van der Waals surface area contributed by atoms with Crippen molar-refractivity contribution in [3.63, 3.8) is 0 Å². The molecule has 0 aromatic heterocycles. The van der Waals surface area contributed by atoms with E-state index in [1.165, 1.54) is 18.2 Å². The van der Waals surface area contributed by atoms with E-state index in [1.807, 2.05) is 0 Å². The van der Waals surface area contributed by atoms with E-state index in [-0.39, 0.29) is 34.4 Å². The second-order valence-electron chi connectivity index (χ2n) is 8.88. The van der Waals surface area contributed by atoms with Crippen LogP contribution in [0.1, 0.15) is 37.0 Å². The van der Waals surface area contributed by atoms with Crippen LogP contribution < -0.4 is 10.6 Å². The average Bonchev–Trinajstić information content (AvgIpc) is 2.53. The van der Waals surface area contributed by atoms with Gasteiger partial charge in [0, 0.05) is 30.2 Å². The Balaban J connectivity index is 1.36. The molecule has 1 heterocycles. The number of likely N-dealkylation sites (tertiary alicyclic amines) is 1. The zero-order valence-corrected chi connectivity index (χ0v) is 17.0. The second kappa shape index (κ2) is 7.97. The number of aliphatic hydroxyl groups excluding tert-OH is 1. The fourth-order valence-electron chi connectivity index (χ4n) is 4.27. The summed E-state index contributed by atoms with van der Waals surface area (Å²) in [6, 6.07) is 3.80. The standard InChI is InChI=1S/C20H27ClFN3O3/c1-19(2,12-26)24-17(27)9-25-10-20(11-25)6-13(7-20)8-23-18(28)14-3-15(21)5-16(22)4-14/h3-5,13,26H,6-12H2,1-2H3,(H,23,28)(H,24,27). The molecule has 1 aromatic carbocycles. The van der Waals surface area contributed by atoms with E-state index < -0.39 is 11.4 Å². The highest BCUT2D eigenvalue weighted by Crippen LogP contribution is 2.51. The summed E-state index contributed by atoms with van der Waals surface area (Å²) in [5, 5.41) is 15.1. The lowest BCUT2D eigenvalue weighted by Crippen LogP contribution is -2.65. The van der Waals surface area contributed by atoms with Crippen molar-refractivity contribution in [3.8, 4) is 0 Å². The highest BCUT2D eigenvalue weighted by atomic mass is 35.5. The summed E-state index contributed by atoms with van der Waals surface area (Å²) in [6.45, 7) is 6.12. The Morgan fingerprint density at radius 1 is 1.32 bits per heavy atom. The Bertz CT molecular complexity index is 737. The van der Waals surface area contributed by atoms with Crippen molar-refractivity contribution in [1.29, 1.82) is 0 Å². The van der Waals surface area contributed by atoms with E-state index in [2.05, 4.69) is 15.5 Å². The third-order valence-corrected chi connectivity index (χ3v) is 5.70. The van der Waals surface area contributed by atoms with Gasteiger partial charge in [0.15, 0.2) is 0 Å². The van der Waals surface area contributed by atoms with Crippen LogP contribution in [0.15, 0.2) is 18.2 Å². The van der Waals surface area contributed by atoms with Gasteiger partial charge in [-0.25, -0.2) is 4.39 Å². The average molecular weight is 412 g/mol. The topological polar surface area (TPSA) is 81.7 Å². The fourth-order valence-corrected chi connectivity index (χ4v) is 4.49. The molecule has 1 aliphatic heterocycles. The largest absolute Gasteiger partial charge is 0.394 e. The molecule has 3 N–H and O–H groups in total. The number of hydrogen-bond acceptors (Lipinski definition) is 4. The monoisotopic (exact) mass is 411 g/mol. The van der Waals surface area contributed by atoms with Crippen molar-refractivity contribution in [2.24, 2.45) is 11.3 Å². The lowest BCUT2D eigenvalue weighted by molar-refractivity contribution is -0.134. The zero-order valence-electron chi connectivity index (χ0n) is 16.2. The van der Waals surface area contributed by atoms with E-state index in [9.17, 15) is 19.1 Å². The SMILES string of the molecule is CC(C)(CO)NC(=O)CN1CC2(CC(CNC(=O)c3cc(F)cc(Cl)c3)C2)C1. The van der Waals surface area contributed by atoms with E-state index >= 15 is 0 Å². The molecule has 1 saturated carbocycles. The van der Waals surface area contributed by atoms with Gasteiger partial charge in [-0.3, -0.25) is 14.5 Å². The summed E-state index contributed by atoms with van der Waals surface area (Å²) >= 11 is 5.79. The van der Waals surface area contributed by atoms with Gasteiger partial charge in [-0.1, -0.05) is 11.6 Å². The predicted molar refractivity (Wildman–Crippen MR) is 105 cm³/mol. The van der Waals surface area contributed by atoms with Gasteiger partial charge in [0.1, 0.15) is 5.82 Å². The number of amides is 2. The second-order valence-corrected chi connectivity index (χ2v) is 9.31. The van der Waals surface area contributed by atoms with Crippen LogP contribution in [-0.2, 0) is 4.79 Å². The van der Waals surface area contributed by atoms with Gasteiger partial charge in [-0.2, -0.15) is 0 Å². The zero-order chi connectivity index (χ0) is 20.5. The first-order valence-electron chi connectivity index (χ1n) is 9.48. The third-order valence-electron chi connectivity index (χ3n) is 5.48. The Labute approximate surface area is 169 Å². The van der Waals surface area contributed by atoms with Gasteiger partial charge in [0.2, 0.25) is 5.91 Å². The molecule has 0 bridgehead atoms. The van der Waals surface area contributed by atoms with Crippen LogP contribution >= 0.6 is 11.6 Å². The summed E-state index contributed by atoms with van der Waals surface area (Å²) in [7, 11) is 0. The van der Waals surface area contributed by atoms with Gasteiger partial charge < -0.3 is 15.7 Å². The summed E-state index contributed by atoms with van der Waals surface area (Å²) in [4.78, 5) is 26.3. The molecular formula is C20H27ClFN3O3. The molecule has 2 fully saturated rings.